The molecular weight excluding hydrogens is 286 g/mol. The minimum Gasteiger partial charge on any atom is -0.327 e. The predicted octanol–water partition coefficient (Wildman–Crippen LogP) is 1.86. The van der Waals surface area contributed by atoms with Crippen LogP contribution in [-0.2, 0) is 10.0 Å². The van der Waals surface area contributed by atoms with E-state index in [0.29, 0.717) is 30.0 Å². The third-order valence-electron chi connectivity index (χ3n) is 3.64. The average molecular weight is 309 g/mol. The van der Waals surface area contributed by atoms with Crippen LogP contribution in [0.3, 0.4) is 0 Å². The molecule has 1 rings (SSSR count). The first-order valence-corrected chi connectivity index (χ1v) is 8.36. The number of aryl methyl sites for hydroxylation is 1. The van der Waals surface area contributed by atoms with Gasteiger partial charge in [-0.3, -0.25) is 0 Å². The Morgan fingerprint density at radius 2 is 2.00 bits per heavy atom. The summed E-state index contributed by atoms with van der Waals surface area (Å²) in [6, 6.07) is 6.62. The number of sulfonamides is 1. The highest BCUT2D eigenvalue weighted by Crippen LogP contribution is 2.21. The van der Waals surface area contributed by atoms with Crippen molar-refractivity contribution < 1.29 is 8.42 Å². The van der Waals surface area contributed by atoms with E-state index in [1.807, 2.05) is 19.9 Å². The molecule has 0 radical (unpaired) electrons. The maximum Gasteiger partial charge on any atom is 0.243 e. The Balaban J connectivity index is 2.98. The van der Waals surface area contributed by atoms with Gasteiger partial charge >= 0.3 is 0 Å². The number of nitrogens with zero attached hydrogens (tertiary/aromatic N) is 2. The molecule has 5 nitrogen and oxygen atoms in total. The summed E-state index contributed by atoms with van der Waals surface area (Å²) in [5.41, 5.74) is 6.93. The van der Waals surface area contributed by atoms with Gasteiger partial charge in [0, 0.05) is 19.6 Å². The molecule has 116 valence electrons. The zero-order valence-electron chi connectivity index (χ0n) is 13.0. The molecule has 1 aromatic rings. The van der Waals surface area contributed by atoms with Crippen molar-refractivity contribution in [2.75, 3.05) is 13.6 Å². The molecule has 0 fully saturated rings. The monoisotopic (exact) mass is 309 g/mol. The van der Waals surface area contributed by atoms with Crippen molar-refractivity contribution in [3.8, 4) is 6.07 Å². The SMILES string of the molecule is Cc1ccc(C#N)cc1S(=O)(=O)N(C)CCC(N)C(C)C. The van der Waals surface area contributed by atoms with Gasteiger partial charge in [0.15, 0.2) is 0 Å². The van der Waals surface area contributed by atoms with Crippen LogP contribution in [0.15, 0.2) is 23.1 Å². The van der Waals surface area contributed by atoms with Gasteiger partial charge in [-0.1, -0.05) is 19.9 Å². The molecule has 0 aliphatic carbocycles. The number of rotatable bonds is 6. The van der Waals surface area contributed by atoms with Gasteiger partial charge in [-0.15, -0.1) is 0 Å². The Hall–Kier alpha value is -1.42. The first-order chi connectivity index (χ1) is 9.70. The van der Waals surface area contributed by atoms with Gasteiger partial charge in [0.2, 0.25) is 10.0 Å². The Morgan fingerprint density at radius 1 is 1.38 bits per heavy atom. The van der Waals surface area contributed by atoms with Crippen LogP contribution in [0.2, 0.25) is 0 Å². The molecule has 2 N–H and O–H groups in total. The summed E-state index contributed by atoms with van der Waals surface area (Å²) < 4.78 is 26.5. The normalized spacial score (nSPS) is 13.4. The quantitative estimate of drug-likeness (QED) is 0.869. The summed E-state index contributed by atoms with van der Waals surface area (Å²) in [6.45, 7) is 6.11. The minimum absolute atomic E-state index is 0.0332. The number of nitriles is 1. The maximum atomic E-state index is 12.6. The van der Waals surface area contributed by atoms with Gasteiger partial charge in [-0.05, 0) is 37.0 Å². The molecule has 6 heteroatoms. The van der Waals surface area contributed by atoms with E-state index < -0.39 is 10.0 Å². The minimum atomic E-state index is -3.60. The lowest BCUT2D eigenvalue weighted by molar-refractivity contribution is 0.397. The Labute approximate surface area is 127 Å². The fraction of sp³-hybridized carbons (Fsp3) is 0.533. The average Bonchev–Trinajstić information content (AvgIpc) is 2.44. The van der Waals surface area contributed by atoms with Crippen molar-refractivity contribution in [3.05, 3.63) is 29.3 Å². The van der Waals surface area contributed by atoms with E-state index in [4.69, 9.17) is 11.0 Å². The lowest BCUT2D eigenvalue weighted by Crippen LogP contribution is -2.34. The highest BCUT2D eigenvalue weighted by molar-refractivity contribution is 7.89. The van der Waals surface area contributed by atoms with E-state index >= 15 is 0 Å². The van der Waals surface area contributed by atoms with Crippen molar-refractivity contribution in [1.29, 1.82) is 5.26 Å². The van der Waals surface area contributed by atoms with Crippen LogP contribution < -0.4 is 5.73 Å². The zero-order valence-corrected chi connectivity index (χ0v) is 13.8. The second-order valence-corrected chi connectivity index (χ2v) is 7.63. The van der Waals surface area contributed by atoms with Gasteiger partial charge in [-0.2, -0.15) is 5.26 Å². The Morgan fingerprint density at radius 3 is 2.52 bits per heavy atom. The highest BCUT2D eigenvalue weighted by Gasteiger charge is 2.23. The number of hydrogen-bond donors (Lipinski definition) is 1. The van der Waals surface area contributed by atoms with Gasteiger partial charge in [-0.25, -0.2) is 12.7 Å². The second-order valence-electron chi connectivity index (χ2n) is 5.62. The van der Waals surface area contributed by atoms with Crippen molar-refractivity contribution in [2.45, 2.75) is 38.1 Å². The number of benzene rings is 1. The van der Waals surface area contributed by atoms with E-state index in [0.717, 1.165) is 0 Å². The maximum absolute atomic E-state index is 12.6. The molecule has 0 heterocycles. The summed E-state index contributed by atoms with van der Waals surface area (Å²) in [5, 5.41) is 8.92. The third kappa shape index (κ3) is 4.27. The van der Waals surface area contributed by atoms with Crippen LogP contribution in [0.1, 0.15) is 31.4 Å². The molecule has 0 aromatic heterocycles. The molecule has 0 bridgehead atoms. The van der Waals surface area contributed by atoms with Crippen LogP contribution in [0.5, 0.6) is 0 Å². The van der Waals surface area contributed by atoms with E-state index in [1.165, 1.54) is 10.4 Å². The first kappa shape index (κ1) is 17.6. The molecule has 0 saturated heterocycles. The summed E-state index contributed by atoms with van der Waals surface area (Å²) in [7, 11) is -2.05. The predicted molar refractivity (Wildman–Crippen MR) is 83.1 cm³/mol. The Kier molecular flexibility index (Phi) is 5.90. The summed E-state index contributed by atoms with van der Waals surface area (Å²) in [4.78, 5) is 0.183. The Bertz CT molecular complexity index is 633. The van der Waals surface area contributed by atoms with E-state index in [9.17, 15) is 8.42 Å². The fourth-order valence-corrected chi connectivity index (χ4v) is 3.33. The van der Waals surface area contributed by atoms with Crippen molar-refractivity contribution in [3.63, 3.8) is 0 Å². The highest BCUT2D eigenvalue weighted by atomic mass is 32.2. The van der Waals surface area contributed by atoms with Crippen molar-refractivity contribution >= 4 is 10.0 Å². The molecule has 1 atom stereocenters. The van der Waals surface area contributed by atoms with Crippen LogP contribution in [0.4, 0.5) is 0 Å². The summed E-state index contributed by atoms with van der Waals surface area (Å²) >= 11 is 0. The van der Waals surface area contributed by atoms with Gasteiger partial charge < -0.3 is 5.73 Å². The van der Waals surface area contributed by atoms with Crippen molar-refractivity contribution in [1.82, 2.24) is 4.31 Å². The van der Waals surface area contributed by atoms with E-state index in [-0.39, 0.29) is 10.9 Å². The van der Waals surface area contributed by atoms with Gasteiger partial charge in [0.05, 0.1) is 16.5 Å². The molecule has 1 aromatic carbocycles. The molecule has 21 heavy (non-hydrogen) atoms. The molecule has 0 spiro atoms. The largest absolute Gasteiger partial charge is 0.327 e. The standard InChI is InChI=1S/C15H23N3O2S/c1-11(2)14(17)7-8-18(4)21(19,20)15-9-13(10-16)6-5-12(15)3/h5-6,9,11,14H,7-8,17H2,1-4H3. The lowest BCUT2D eigenvalue weighted by Gasteiger charge is -2.22. The molecule has 0 amide bonds. The number of hydrogen-bond acceptors (Lipinski definition) is 4. The van der Waals surface area contributed by atoms with Crippen LogP contribution in [0, 0.1) is 24.2 Å². The van der Waals surface area contributed by atoms with Gasteiger partial charge in [0.25, 0.3) is 0 Å². The first-order valence-electron chi connectivity index (χ1n) is 6.92. The van der Waals surface area contributed by atoms with Crippen LogP contribution in [0.25, 0.3) is 0 Å². The van der Waals surface area contributed by atoms with E-state index in [1.54, 1.807) is 26.1 Å². The molecule has 0 aliphatic rings. The second kappa shape index (κ2) is 7.03. The van der Waals surface area contributed by atoms with E-state index in [2.05, 4.69) is 0 Å². The third-order valence-corrected chi connectivity index (χ3v) is 5.64. The summed E-state index contributed by atoms with van der Waals surface area (Å²) in [5.74, 6) is 0.310. The van der Waals surface area contributed by atoms with Crippen LogP contribution in [-0.4, -0.2) is 32.4 Å². The van der Waals surface area contributed by atoms with Gasteiger partial charge in [0.1, 0.15) is 0 Å². The topological polar surface area (TPSA) is 87.2 Å². The molecule has 0 saturated carbocycles. The zero-order chi connectivity index (χ0) is 16.2. The smallest absolute Gasteiger partial charge is 0.243 e. The lowest BCUT2D eigenvalue weighted by atomic mass is 10.0. The summed E-state index contributed by atoms with van der Waals surface area (Å²) in [6.07, 6.45) is 0.602. The van der Waals surface area contributed by atoms with Crippen molar-refractivity contribution in [2.24, 2.45) is 11.7 Å². The fourth-order valence-electron chi connectivity index (χ4n) is 1.90. The molecule has 1 unspecified atom stereocenters. The number of nitrogens with two attached hydrogens (primary N) is 1. The van der Waals surface area contributed by atoms with Crippen LogP contribution >= 0.6 is 0 Å². The molecular formula is C15H23N3O2S. The molecule has 0 aliphatic heterocycles.